The first-order chi connectivity index (χ1) is 16.2. The summed E-state index contributed by atoms with van der Waals surface area (Å²) in [5.74, 6) is 1.65. The fourth-order valence-corrected chi connectivity index (χ4v) is 6.41. The summed E-state index contributed by atoms with van der Waals surface area (Å²) in [4.78, 5) is 17.0. The Hall–Kier alpha value is -2.28. The Kier molecular flexibility index (Phi) is 5.68. The van der Waals surface area contributed by atoms with E-state index in [1.165, 1.54) is 21.3 Å². The van der Waals surface area contributed by atoms with Crippen LogP contribution >= 0.6 is 22.9 Å². The number of piperazine rings is 1. The number of rotatable bonds is 7. The number of carbonyl (C=O) groups is 1. The summed E-state index contributed by atoms with van der Waals surface area (Å²) >= 11 is 7.90. The van der Waals surface area contributed by atoms with Crippen LogP contribution in [0.5, 0.6) is 5.75 Å². The first kappa shape index (κ1) is 21.3. The molecule has 2 atom stereocenters. The average molecular weight is 482 g/mol. The van der Waals surface area contributed by atoms with E-state index in [2.05, 4.69) is 45.4 Å². The molecular formula is C26H28ClN3O2S. The fraction of sp³-hybridized carbons (Fsp3) is 0.423. The molecule has 3 aliphatic rings. The molecule has 5 nitrogen and oxygen atoms in total. The minimum Gasteiger partial charge on any atom is -0.494 e. The quantitative estimate of drug-likeness (QED) is 0.447. The lowest BCUT2D eigenvalue weighted by atomic mass is 10.0. The van der Waals surface area contributed by atoms with Gasteiger partial charge in [0.2, 0.25) is 5.91 Å². The van der Waals surface area contributed by atoms with Gasteiger partial charge in [0.1, 0.15) is 5.75 Å². The predicted octanol–water partition coefficient (Wildman–Crippen LogP) is 5.59. The van der Waals surface area contributed by atoms with Crippen molar-refractivity contribution in [3.05, 3.63) is 52.4 Å². The van der Waals surface area contributed by atoms with Crippen LogP contribution in [0.3, 0.4) is 0 Å². The number of unbranched alkanes of at least 4 members (excludes halogenated alkanes) is 1. The van der Waals surface area contributed by atoms with Crippen LogP contribution in [0.25, 0.3) is 10.1 Å². The third-order valence-corrected chi connectivity index (χ3v) is 8.40. The smallest absolute Gasteiger partial charge is 0.228 e. The van der Waals surface area contributed by atoms with Crippen LogP contribution in [0, 0.1) is 5.92 Å². The standard InChI is InChI=1S/C26H28ClN3O2S/c27-25-16-21-23(4-3-5-24(21)33-25)30-11-9-29(10-12-30)8-1-2-13-32-17-6-7-18-19-15-20(19)26(31)28-22(18)14-17/h3-7,14,16,19-20H,1-2,8-13,15H2,(H,28,31). The topological polar surface area (TPSA) is 44.8 Å². The Morgan fingerprint density at radius 3 is 2.82 bits per heavy atom. The van der Waals surface area contributed by atoms with Gasteiger partial charge in [0.25, 0.3) is 0 Å². The zero-order valence-corrected chi connectivity index (χ0v) is 20.1. The van der Waals surface area contributed by atoms with Crippen molar-refractivity contribution in [1.82, 2.24) is 4.90 Å². The largest absolute Gasteiger partial charge is 0.494 e. The van der Waals surface area contributed by atoms with Crippen molar-refractivity contribution < 1.29 is 9.53 Å². The highest BCUT2D eigenvalue weighted by Crippen LogP contribution is 2.53. The summed E-state index contributed by atoms with van der Waals surface area (Å²) in [5.41, 5.74) is 3.51. The SMILES string of the molecule is O=C1Nc2cc(OCCCCN3CCN(c4cccc5sc(Cl)cc45)CC3)ccc2C2CC12. The van der Waals surface area contributed by atoms with Gasteiger partial charge in [0, 0.05) is 59.6 Å². The first-order valence-corrected chi connectivity index (χ1v) is 13.1. The van der Waals surface area contributed by atoms with E-state index in [4.69, 9.17) is 16.3 Å². The summed E-state index contributed by atoms with van der Waals surface area (Å²) in [6.07, 6.45) is 3.15. The molecular weight excluding hydrogens is 454 g/mol. The number of ether oxygens (including phenoxy) is 1. The van der Waals surface area contributed by atoms with E-state index >= 15 is 0 Å². The number of halogens is 1. The summed E-state index contributed by atoms with van der Waals surface area (Å²) in [7, 11) is 0. The van der Waals surface area contributed by atoms with Crippen molar-refractivity contribution >= 4 is 50.3 Å². The molecule has 7 heteroatoms. The lowest BCUT2D eigenvalue weighted by Crippen LogP contribution is -2.46. The van der Waals surface area contributed by atoms with Gasteiger partial charge in [0.05, 0.1) is 10.9 Å². The molecule has 3 aromatic rings. The van der Waals surface area contributed by atoms with Crippen LogP contribution in [-0.4, -0.2) is 50.1 Å². The number of thiophene rings is 1. The number of benzene rings is 2. The summed E-state index contributed by atoms with van der Waals surface area (Å²) in [6, 6.07) is 14.8. The van der Waals surface area contributed by atoms with Crippen LogP contribution < -0.4 is 15.0 Å². The third-order valence-electron chi connectivity index (χ3n) is 7.17. The minimum atomic E-state index is 0.167. The van der Waals surface area contributed by atoms with Crippen molar-refractivity contribution in [2.75, 3.05) is 49.5 Å². The molecule has 1 aromatic heterocycles. The van der Waals surface area contributed by atoms with E-state index in [1.54, 1.807) is 11.3 Å². The van der Waals surface area contributed by atoms with Gasteiger partial charge in [-0.25, -0.2) is 0 Å². The number of hydrogen-bond acceptors (Lipinski definition) is 5. The second-order valence-corrected chi connectivity index (χ2v) is 11.0. The van der Waals surface area contributed by atoms with Crippen LogP contribution in [-0.2, 0) is 4.79 Å². The number of nitrogens with one attached hydrogen (secondary N) is 1. The predicted molar refractivity (Wildman–Crippen MR) is 136 cm³/mol. The molecule has 1 aliphatic carbocycles. The summed E-state index contributed by atoms with van der Waals surface area (Å²) < 4.78 is 8.09. The third kappa shape index (κ3) is 4.32. The molecule has 172 valence electrons. The minimum absolute atomic E-state index is 0.167. The number of carbonyl (C=O) groups excluding carboxylic acids is 1. The highest BCUT2D eigenvalue weighted by Gasteiger charge is 2.48. The first-order valence-electron chi connectivity index (χ1n) is 11.9. The van der Waals surface area contributed by atoms with Crippen molar-refractivity contribution in [3.8, 4) is 5.75 Å². The maximum absolute atomic E-state index is 12.0. The average Bonchev–Trinajstić information content (AvgIpc) is 3.54. The zero-order chi connectivity index (χ0) is 22.4. The lowest BCUT2D eigenvalue weighted by molar-refractivity contribution is -0.117. The van der Waals surface area contributed by atoms with Gasteiger partial charge in [0.15, 0.2) is 0 Å². The second-order valence-electron chi connectivity index (χ2n) is 9.31. The van der Waals surface area contributed by atoms with E-state index in [0.717, 1.165) is 67.8 Å². The molecule has 2 aliphatic heterocycles. The van der Waals surface area contributed by atoms with Gasteiger partial charge in [-0.15, -0.1) is 11.3 Å². The number of hydrogen-bond donors (Lipinski definition) is 1. The van der Waals surface area contributed by atoms with Gasteiger partial charge in [-0.2, -0.15) is 0 Å². The zero-order valence-electron chi connectivity index (χ0n) is 18.6. The van der Waals surface area contributed by atoms with Crippen molar-refractivity contribution in [2.45, 2.75) is 25.2 Å². The molecule has 2 unspecified atom stereocenters. The molecule has 2 aromatic carbocycles. The molecule has 3 heterocycles. The highest BCUT2D eigenvalue weighted by atomic mass is 35.5. The van der Waals surface area contributed by atoms with E-state index in [-0.39, 0.29) is 11.8 Å². The van der Waals surface area contributed by atoms with Gasteiger partial charge < -0.3 is 15.0 Å². The van der Waals surface area contributed by atoms with Crippen LogP contribution in [0.1, 0.15) is 30.7 Å². The summed E-state index contributed by atoms with van der Waals surface area (Å²) in [6.45, 7) is 6.08. The summed E-state index contributed by atoms with van der Waals surface area (Å²) in [5, 5.41) is 4.30. The number of nitrogens with zero attached hydrogens (tertiary/aromatic N) is 2. The molecule has 1 saturated heterocycles. The van der Waals surface area contributed by atoms with Gasteiger partial charge in [-0.3, -0.25) is 9.69 Å². The maximum atomic E-state index is 12.0. The van der Waals surface area contributed by atoms with Gasteiger partial charge in [-0.05, 0) is 61.6 Å². The van der Waals surface area contributed by atoms with Crippen LogP contribution in [0.4, 0.5) is 11.4 Å². The molecule has 33 heavy (non-hydrogen) atoms. The molecule has 2 fully saturated rings. The maximum Gasteiger partial charge on any atom is 0.228 e. The van der Waals surface area contributed by atoms with E-state index in [9.17, 15) is 4.79 Å². The van der Waals surface area contributed by atoms with E-state index in [0.29, 0.717) is 12.5 Å². The molecule has 1 amide bonds. The molecule has 0 bridgehead atoms. The Morgan fingerprint density at radius 2 is 1.94 bits per heavy atom. The van der Waals surface area contributed by atoms with Crippen LogP contribution in [0.2, 0.25) is 4.34 Å². The van der Waals surface area contributed by atoms with E-state index in [1.807, 2.05) is 12.1 Å². The van der Waals surface area contributed by atoms with E-state index < -0.39 is 0 Å². The number of anilines is 2. The number of fused-ring (bicyclic) bond motifs is 4. The lowest BCUT2D eigenvalue weighted by Gasteiger charge is -2.36. The van der Waals surface area contributed by atoms with Crippen molar-refractivity contribution in [3.63, 3.8) is 0 Å². The molecule has 1 saturated carbocycles. The highest BCUT2D eigenvalue weighted by molar-refractivity contribution is 7.22. The Labute approximate surface area is 203 Å². The normalized spacial score (nSPS) is 22.1. The second kappa shape index (κ2) is 8.82. The molecule has 1 N–H and O–H groups in total. The van der Waals surface area contributed by atoms with Crippen molar-refractivity contribution in [1.29, 1.82) is 0 Å². The van der Waals surface area contributed by atoms with Gasteiger partial charge in [-0.1, -0.05) is 23.7 Å². The fourth-order valence-electron chi connectivity index (χ4n) is 5.24. The Morgan fingerprint density at radius 1 is 1.06 bits per heavy atom. The molecule has 0 radical (unpaired) electrons. The number of amides is 1. The monoisotopic (exact) mass is 481 g/mol. The van der Waals surface area contributed by atoms with Crippen LogP contribution in [0.15, 0.2) is 42.5 Å². The molecule has 0 spiro atoms. The Bertz CT molecular complexity index is 1190. The van der Waals surface area contributed by atoms with Crippen molar-refractivity contribution in [2.24, 2.45) is 5.92 Å². The molecule has 6 rings (SSSR count). The van der Waals surface area contributed by atoms with Gasteiger partial charge >= 0.3 is 0 Å². The Balaban J connectivity index is 0.942.